The van der Waals surface area contributed by atoms with Crippen molar-refractivity contribution in [3.63, 3.8) is 0 Å². The third-order valence-electron chi connectivity index (χ3n) is 4.91. The minimum atomic E-state index is -0.215. The number of imide groups is 1. The molecule has 1 aliphatic heterocycles. The van der Waals surface area contributed by atoms with Crippen molar-refractivity contribution in [3.05, 3.63) is 40.4 Å². The normalized spacial score (nSPS) is 33.7. The summed E-state index contributed by atoms with van der Waals surface area (Å²) in [6.07, 6.45) is 6.19. The van der Waals surface area contributed by atoms with E-state index in [1.54, 1.807) is 18.2 Å². The molecule has 1 saturated heterocycles. The molecule has 3 nitrogen and oxygen atoms in total. The zero-order valence-corrected chi connectivity index (χ0v) is 12.6. The van der Waals surface area contributed by atoms with Crippen molar-refractivity contribution in [1.29, 1.82) is 0 Å². The number of anilines is 1. The van der Waals surface area contributed by atoms with Gasteiger partial charge in [-0.3, -0.25) is 9.59 Å². The van der Waals surface area contributed by atoms with E-state index in [4.69, 9.17) is 23.2 Å². The van der Waals surface area contributed by atoms with Gasteiger partial charge in [0.2, 0.25) is 11.8 Å². The first kappa shape index (κ1) is 13.4. The number of halogens is 2. The number of rotatable bonds is 1. The highest BCUT2D eigenvalue weighted by molar-refractivity contribution is 6.38. The van der Waals surface area contributed by atoms with Gasteiger partial charge in [0.15, 0.2) is 0 Å². The van der Waals surface area contributed by atoms with Crippen LogP contribution in [-0.4, -0.2) is 11.8 Å². The summed E-state index contributed by atoms with van der Waals surface area (Å²) in [5.74, 6) is -0.289. The Hall–Kier alpha value is -1.32. The second kappa shape index (κ2) is 4.59. The van der Waals surface area contributed by atoms with Gasteiger partial charge in [-0.05, 0) is 42.9 Å². The van der Waals surface area contributed by atoms with Gasteiger partial charge in [-0.2, -0.15) is 0 Å². The number of allylic oxidation sites excluding steroid dienone is 2. The molecule has 2 fully saturated rings. The molecule has 4 aliphatic rings. The quantitative estimate of drug-likeness (QED) is 0.584. The number of carbonyl (C=O) groups is 2. The van der Waals surface area contributed by atoms with Gasteiger partial charge in [0.25, 0.3) is 0 Å². The van der Waals surface area contributed by atoms with Crippen LogP contribution in [0.15, 0.2) is 30.4 Å². The molecule has 1 aromatic carbocycles. The molecule has 108 valence electrons. The van der Waals surface area contributed by atoms with Gasteiger partial charge in [-0.1, -0.05) is 35.4 Å². The highest BCUT2D eigenvalue weighted by atomic mass is 35.5. The molecule has 2 bridgehead atoms. The molecule has 2 amide bonds. The van der Waals surface area contributed by atoms with Crippen LogP contribution in [0.3, 0.4) is 0 Å². The summed E-state index contributed by atoms with van der Waals surface area (Å²) in [6.45, 7) is 0. The van der Waals surface area contributed by atoms with Gasteiger partial charge in [-0.25, -0.2) is 4.90 Å². The van der Waals surface area contributed by atoms with Crippen LogP contribution in [0.25, 0.3) is 0 Å². The van der Waals surface area contributed by atoms with E-state index in [1.165, 1.54) is 4.90 Å². The van der Waals surface area contributed by atoms with Crippen LogP contribution in [0.4, 0.5) is 5.69 Å². The van der Waals surface area contributed by atoms with E-state index in [2.05, 4.69) is 12.2 Å². The van der Waals surface area contributed by atoms with Crippen LogP contribution in [-0.2, 0) is 9.59 Å². The average molecular weight is 322 g/mol. The molecular formula is C16H13Cl2NO2. The summed E-state index contributed by atoms with van der Waals surface area (Å²) in [5, 5.41) is 0.824. The fourth-order valence-corrected chi connectivity index (χ4v) is 4.47. The molecule has 0 radical (unpaired) electrons. The highest BCUT2D eigenvalue weighted by Gasteiger charge is 2.57. The lowest BCUT2D eigenvalue weighted by Crippen LogP contribution is -2.38. The smallest absolute Gasteiger partial charge is 0.238 e. The molecule has 0 unspecified atom stereocenters. The Morgan fingerprint density at radius 2 is 1.52 bits per heavy atom. The van der Waals surface area contributed by atoms with Crippen LogP contribution < -0.4 is 4.90 Å². The molecule has 5 heteroatoms. The maximum absolute atomic E-state index is 12.8. The first-order valence-corrected chi connectivity index (χ1v) is 7.84. The van der Waals surface area contributed by atoms with Crippen molar-refractivity contribution < 1.29 is 9.59 Å². The van der Waals surface area contributed by atoms with E-state index < -0.39 is 0 Å². The minimum Gasteiger partial charge on any atom is -0.274 e. The first-order chi connectivity index (χ1) is 10.1. The third kappa shape index (κ3) is 1.80. The molecule has 1 heterocycles. The van der Waals surface area contributed by atoms with Crippen LogP contribution in [0.1, 0.15) is 12.8 Å². The lowest BCUT2D eigenvalue weighted by atomic mass is 9.63. The average Bonchev–Trinajstić information content (AvgIpc) is 2.75. The zero-order valence-electron chi connectivity index (χ0n) is 11.1. The molecule has 1 aromatic rings. The summed E-state index contributed by atoms with van der Waals surface area (Å²) in [7, 11) is 0. The standard InChI is InChI=1S/C16H13Cl2NO2/c17-10-5-6-12(11(18)7-10)19-15(20)13-8-1-2-9(4-3-8)14(13)16(19)21/h1-2,5-9,13-14H,3-4H2/t8-,9+,13-,14+. The molecule has 0 aromatic heterocycles. The highest BCUT2D eigenvalue weighted by Crippen LogP contribution is 2.51. The number of benzene rings is 1. The molecule has 0 spiro atoms. The number of fused-ring (bicyclic) bond motifs is 1. The van der Waals surface area contributed by atoms with Gasteiger partial charge in [0.1, 0.15) is 0 Å². The number of hydrogen-bond acceptors (Lipinski definition) is 2. The second-order valence-corrected chi connectivity index (χ2v) is 6.79. The number of amides is 2. The predicted octanol–water partition coefficient (Wildman–Crippen LogP) is 3.70. The molecule has 0 N–H and O–H groups in total. The van der Waals surface area contributed by atoms with Gasteiger partial charge in [0, 0.05) is 5.02 Å². The van der Waals surface area contributed by atoms with Gasteiger partial charge < -0.3 is 0 Å². The summed E-state index contributed by atoms with van der Waals surface area (Å²) < 4.78 is 0. The number of hydrogen-bond donors (Lipinski definition) is 0. The maximum atomic E-state index is 12.8. The van der Waals surface area contributed by atoms with Crippen LogP contribution >= 0.6 is 23.2 Å². The molecule has 3 aliphatic carbocycles. The van der Waals surface area contributed by atoms with Crippen LogP contribution in [0.5, 0.6) is 0 Å². The van der Waals surface area contributed by atoms with Crippen molar-refractivity contribution in [3.8, 4) is 0 Å². The molecule has 4 atom stereocenters. The van der Waals surface area contributed by atoms with Crippen molar-refractivity contribution in [2.45, 2.75) is 12.8 Å². The predicted molar refractivity (Wildman–Crippen MR) is 81.3 cm³/mol. The molecule has 5 rings (SSSR count). The Kier molecular flexibility index (Phi) is 2.92. The number of carbonyl (C=O) groups excluding carboxylic acids is 2. The summed E-state index contributed by atoms with van der Waals surface area (Å²) in [5.41, 5.74) is 0.449. The van der Waals surface area contributed by atoms with Crippen molar-refractivity contribution in [1.82, 2.24) is 0 Å². The Morgan fingerprint density at radius 3 is 2.00 bits per heavy atom. The monoisotopic (exact) mass is 321 g/mol. The van der Waals surface area contributed by atoms with Crippen molar-refractivity contribution in [2.75, 3.05) is 4.90 Å². The van der Waals surface area contributed by atoms with Gasteiger partial charge >= 0.3 is 0 Å². The SMILES string of the molecule is O=C1[C@@H]2[C@H](C(=O)N1c1ccc(Cl)cc1Cl)[C@@H]1C=C[C@H]2CC1. The Labute approximate surface area is 132 Å². The third-order valence-corrected chi connectivity index (χ3v) is 5.45. The fraction of sp³-hybridized carbons (Fsp3) is 0.375. The lowest BCUT2D eigenvalue weighted by Gasteiger charge is -2.38. The summed E-state index contributed by atoms with van der Waals surface area (Å²) >= 11 is 12.1. The zero-order chi connectivity index (χ0) is 14.7. The van der Waals surface area contributed by atoms with Gasteiger partial charge in [-0.15, -0.1) is 0 Å². The summed E-state index contributed by atoms with van der Waals surface area (Å²) in [6, 6.07) is 4.86. The topological polar surface area (TPSA) is 37.4 Å². The summed E-state index contributed by atoms with van der Waals surface area (Å²) in [4.78, 5) is 26.8. The van der Waals surface area contributed by atoms with Gasteiger partial charge in [0.05, 0.1) is 22.5 Å². The van der Waals surface area contributed by atoms with Crippen LogP contribution in [0, 0.1) is 23.7 Å². The van der Waals surface area contributed by atoms with E-state index in [0.717, 1.165) is 12.8 Å². The largest absolute Gasteiger partial charge is 0.274 e. The maximum Gasteiger partial charge on any atom is 0.238 e. The molecular weight excluding hydrogens is 309 g/mol. The van der Waals surface area contributed by atoms with E-state index in [0.29, 0.717) is 15.7 Å². The van der Waals surface area contributed by atoms with Crippen molar-refractivity contribution >= 4 is 40.7 Å². The second-order valence-electron chi connectivity index (χ2n) is 5.95. The van der Waals surface area contributed by atoms with E-state index >= 15 is 0 Å². The molecule has 1 saturated carbocycles. The fourth-order valence-electron chi connectivity index (χ4n) is 3.97. The molecule has 21 heavy (non-hydrogen) atoms. The van der Waals surface area contributed by atoms with E-state index in [1.807, 2.05) is 0 Å². The van der Waals surface area contributed by atoms with E-state index in [9.17, 15) is 9.59 Å². The van der Waals surface area contributed by atoms with Crippen LogP contribution in [0.2, 0.25) is 10.0 Å². The minimum absolute atomic E-state index is 0.117. The first-order valence-electron chi connectivity index (χ1n) is 7.09. The van der Waals surface area contributed by atoms with Crippen molar-refractivity contribution in [2.24, 2.45) is 23.7 Å². The lowest BCUT2D eigenvalue weighted by molar-refractivity contribution is -0.124. The van der Waals surface area contributed by atoms with E-state index in [-0.39, 0.29) is 35.5 Å². The number of nitrogens with zero attached hydrogens (tertiary/aromatic N) is 1. The Balaban J connectivity index is 1.78. The Bertz CT molecular complexity index is 653. The Morgan fingerprint density at radius 1 is 0.952 bits per heavy atom.